The highest BCUT2D eigenvalue weighted by molar-refractivity contribution is 7.91. The summed E-state index contributed by atoms with van der Waals surface area (Å²) in [6.07, 6.45) is 2.15. The number of benzene rings is 1. The van der Waals surface area contributed by atoms with Crippen molar-refractivity contribution in [3.05, 3.63) is 35.4 Å². The number of rotatable bonds is 6. The molecule has 17 heavy (non-hydrogen) atoms. The van der Waals surface area contributed by atoms with Gasteiger partial charge < -0.3 is 5.73 Å². The van der Waals surface area contributed by atoms with Crippen molar-refractivity contribution in [3.63, 3.8) is 0 Å². The topological polar surface area (TPSA) is 60.2 Å². The molecule has 0 aliphatic carbocycles. The first kappa shape index (κ1) is 14.2. The van der Waals surface area contributed by atoms with Crippen molar-refractivity contribution >= 4 is 9.84 Å². The van der Waals surface area contributed by atoms with Crippen LogP contribution in [0.15, 0.2) is 24.3 Å². The fourth-order valence-electron chi connectivity index (χ4n) is 1.71. The lowest BCUT2D eigenvalue weighted by Gasteiger charge is -2.12. The molecule has 1 atom stereocenters. The van der Waals surface area contributed by atoms with Gasteiger partial charge in [0, 0.05) is 11.8 Å². The number of nitrogens with two attached hydrogens (primary N) is 1. The molecule has 2 N–H and O–H groups in total. The molecule has 0 saturated heterocycles. The summed E-state index contributed by atoms with van der Waals surface area (Å²) in [5.74, 6) is 0.172. The van der Waals surface area contributed by atoms with Crippen molar-refractivity contribution in [2.45, 2.75) is 32.7 Å². The summed E-state index contributed by atoms with van der Waals surface area (Å²) in [6, 6.07) is 7.49. The maximum Gasteiger partial charge on any atom is 0.151 e. The van der Waals surface area contributed by atoms with E-state index in [0.29, 0.717) is 0 Å². The van der Waals surface area contributed by atoms with Gasteiger partial charge in [0.15, 0.2) is 9.84 Å². The standard InChI is InChI=1S/C13H21NO2S/c1-3-5-11-6-8-12(9-7-11)13(14)10-17(15,16)4-2/h6-9,13H,3-5,10,14H2,1-2H3. The maximum atomic E-state index is 11.5. The molecule has 0 aromatic heterocycles. The molecule has 0 saturated carbocycles. The zero-order valence-electron chi connectivity index (χ0n) is 10.5. The van der Waals surface area contributed by atoms with Gasteiger partial charge in [-0.05, 0) is 17.5 Å². The van der Waals surface area contributed by atoms with Gasteiger partial charge in [0.1, 0.15) is 0 Å². The highest BCUT2D eigenvalue weighted by Crippen LogP contribution is 2.14. The summed E-state index contributed by atoms with van der Waals surface area (Å²) in [7, 11) is -3.01. The number of hydrogen-bond donors (Lipinski definition) is 1. The first-order valence-electron chi connectivity index (χ1n) is 6.03. The predicted molar refractivity (Wildman–Crippen MR) is 71.7 cm³/mol. The SMILES string of the molecule is CCCc1ccc(C(N)CS(=O)(=O)CC)cc1. The van der Waals surface area contributed by atoms with E-state index in [2.05, 4.69) is 6.92 Å². The first-order chi connectivity index (χ1) is 7.98. The van der Waals surface area contributed by atoms with Gasteiger partial charge in [0.2, 0.25) is 0 Å². The van der Waals surface area contributed by atoms with Crippen LogP contribution in [0.2, 0.25) is 0 Å². The minimum absolute atomic E-state index is 0.0244. The smallest absolute Gasteiger partial charge is 0.151 e. The van der Waals surface area contributed by atoms with E-state index in [1.807, 2.05) is 24.3 Å². The zero-order valence-corrected chi connectivity index (χ0v) is 11.3. The third-order valence-electron chi connectivity index (χ3n) is 2.82. The van der Waals surface area contributed by atoms with Crippen molar-refractivity contribution < 1.29 is 8.42 Å². The van der Waals surface area contributed by atoms with E-state index in [1.54, 1.807) is 6.92 Å². The summed E-state index contributed by atoms with van der Waals surface area (Å²) >= 11 is 0. The van der Waals surface area contributed by atoms with Crippen molar-refractivity contribution in [2.24, 2.45) is 5.73 Å². The van der Waals surface area contributed by atoms with Gasteiger partial charge in [-0.1, -0.05) is 44.5 Å². The van der Waals surface area contributed by atoms with E-state index in [-0.39, 0.29) is 11.5 Å². The Balaban J connectivity index is 2.73. The van der Waals surface area contributed by atoms with Crippen LogP contribution < -0.4 is 5.73 Å². The first-order valence-corrected chi connectivity index (χ1v) is 7.85. The summed E-state index contributed by atoms with van der Waals surface area (Å²) in [6.45, 7) is 3.78. The monoisotopic (exact) mass is 255 g/mol. The molecule has 0 amide bonds. The summed E-state index contributed by atoms with van der Waals surface area (Å²) in [5, 5.41) is 0. The van der Waals surface area contributed by atoms with Crippen LogP contribution in [0.1, 0.15) is 37.4 Å². The number of hydrogen-bond acceptors (Lipinski definition) is 3. The third kappa shape index (κ3) is 4.48. The normalized spacial score (nSPS) is 13.6. The van der Waals surface area contributed by atoms with E-state index in [0.717, 1.165) is 18.4 Å². The number of sulfone groups is 1. The minimum Gasteiger partial charge on any atom is -0.323 e. The Hall–Kier alpha value is -0.870. The van der Waals surface area contributed by atoms with Crippen LogP contribution in [0.5, 0.6) is 0 Å². The molecular weight excluding hydrogens is 234 g/mol. The maximum absolute atomic E-state index is 11.5. The van der Waals surface area contributed by atoms with Gasteiger partial charge in [-0.25, -0.2) is 8.42 Å². The Morgan fingerprint density at radius 3 is 2.24 bits per heavy atom. The summed E-state index contributed by atoms with van der Waals surface area (Å²) in [5.41, 5.74) is 8.06. The van der Waals surface area contributed by atoms with Crippen molar-refractivity contribution in [1.29, 1.82) is 0 Å². The Bertz CT molecular complexity index is 437. The predicted octanol–water partition coefficient (Wildman–Crippen LogP) is 2.07. The van der Waals surface area contributed by atoms with Crippen molar-refractivity contribution in [3.8, 4) is 0 Å². The van der Waals surface area contributed by atoms with Crippen LogP contribution in [-0.4, -0.2) is 19.9 Å². The molecule has 1 aromatic rings. The largest absolute Gasteiger partial charge is 0.323 e. The van der Waals surface area contributed by atoms with Crippen LogP contribution in [0.3, 0.4) is 0 Å². The molecule has 0 bridgehead atoms. The van der Waals surface area contributed by atoms with E-state index in [1.165, 1.54) is 5.56 Å². The van der Waals surface area contributed by atoms with Crippen LogP contribution in [0.25, 0.3) is 0 Å². The number of aryl methyl sites for hydroxylation is 1. The van der Waals surface area contributed by atoms with E-state index in [4.69, 9.17) is 5.73 Å². The lowest BCUT2D eigenvalue weighted by molar-refractivity contribution is 0.590. The van der Waals surface area contributed by atoms with Gasteiger partial charge in [0.05, 0.1) is 5.75 Å². The highest BCUT2D eigenvalue weighted by Gasteiger charge is 2.15. The fraction of sp³-hybridized carbons (Fsp3) is 0.538. The van der Waals surface area contributed by atoms with Crippen LogP contribution >= 0.6 is 0 Å². The minimum atomic E-state index is -3.01. The molecule has 0 aliphatic rings. The lowest BCUT2D eigenvalue weighted by Crippen LogP contribution is -2.22. The van der Waals surface area contributed by atoms with Crippen molar-refractivity contribution in [1.82, 2.24) is 0 Å². The van der Waals surface area contributed by atoms with Crippen molar-refractivity contribution in [2.75, 3.05) is 11.5 Å². The second-order valence-corrected chi connectivity index (χ2v) is 6.69. The van der Waals surface area contributed by atoms with E-state index in [9.17, 15) is 8.42 Å². The van der Waals surface area contributed by atoms with Crippen LogP contribution in [0, 0.1) is 0 Å². The summed E-state index contributed by atoms with van der Waals surface area (Å²) in [4.78, 5) is 0. The average Bonchev–Trinajstić information content (AvgIpc) is 2.30. The van der Waals surface area contributed by atoms with Gasteiger partial charge in [-0.2, -0.15) is 0 Å². The molecule has 0 radical (unpaired) electrons. The van der Waals surface area contributed by atoms with E-state index < -0.39 is 15.9 Å². The van der Waals surface area contributed by atoms with Gasteiger partial charge in [-0.15, -0.1) is 0 Å². The molecule has 1 rings (SSSR count). The second-order valence-electron chi connectivity index (χ2n) is 4.30. The molecule has 1 aromatic carbocycles. The Morgan fingerprint density at radius 1 is 1.18 bits per heavy atom. The summed E-state index contributed by atoms with van der Waals surface area (Å²) < 4.78 is 22.9. The van der Waals surface area contributed by atoms with Gasteiger partial charge in [0.25, 0.3) is 0 Å². The van der Waals surface area contributed by atoms with Gasteiger partial charge in [-0.3, -0.25) is 0 Å². The molecule has 1 unspecified atom stereocenters. The molecule has 3 nitrogen and oxygen atoms in total. The van der Waals surface area contributed by atoms with Gasteiger partial charge >= 0.3 is 0 Å². The average molecular weight is 255 g/mol. The highest BCUT2D eigenvalue weighted by atomic mass is 32.2. The third-order valence-corrected chi connectivity index (χ3v) is 4.57. The molecular formula is C13H21NO2S. The zero-order chi connectivity index (χ0) is 12.9. The molecule has 0 heterocycles. The Morgan fingerprint density at radius 2 is 1.76 bits per heavy atom. The Kier molecular flexibility index (Phi) is 5.15. The van der Waals surface area contributed by atoms with Crippen LogP contribution in [0.4, 0.5) is 0 Å². The Labute approximate surface area is 104 Å². The lowest BCUT2D eigenvalue weighted by atomic mass is 10.0. The van der Waals surface area contributed by atoms with Crippen LogP contribution in [-0.2, 0) is 16.3 Å². The molecule has 0 fully saturated rings. The van der Waals surface area contributed by atoms with E-state index >= 15 is 0 Å². The quantitative estimate of drug-likeness (QED) is 0.846. The second kappa shape index (κ2) is 6.17. The molecule has 0 spiro atoms. The fourth-order valence-corrected chi connectivity index (χ4v) is 2.68. The molecule has 96 valence electrons. The molecule has 4 heteroatoms. The molecule has 0 aliphatic heterocycles.